The van der Waals surface area contributed by atoms with Gasteiger partial charge in [-0.3, -0.25) is 14.8 Å². The molecule has 132 valence electrons. The van der Waals surface area contributed by atoms with Crippen LogP contribution in [-0.4, -0.2) is 20.7 Å². The summed E-state index contributed by atoms with van der Waals surface area (Å²) < 4.78 is 5.82. The fraction of sp³-hybridized carbons (Fsp3) is 0.238. The third kappa shape index (κ3) is 4.30. The Kier molecular flexibility index (Phi) is 5.07. The van der Waals surface area contributed by atoms with E-state index in [4.69, 9.17) is 4.74 Å². The number of aromatic nitrogens is 3. The summed E-state index contributed by atoms with van der Waals surface area (Å²) in [5.74, 6) is 1.10. The number of Topliss-reactive ketones (excluding diaryl/α,β-unsaturated/α-hetero) is 1. The topological polar surface area (TPSA) is 65.0 Å². The first-order valence-corrected chi connectivity index (χ1v) is 8.46. The molecule has 3 aromatic heterocycles. The van der Waals surface area contributed by atoms with Crippen LogP contribution in [0.15, 0.2) is 42.6 Å². The summed E-state index contributed by atoms with van der Waals surface area (Å²) in [5.41, 5.74) is 4.80. The molecule has 3 rings (SSSR count). The van der Waals surface area contributed by atoms with Crippen LogP contribution in [0, 0.1) is 27.7 Å². The molecule has 0 aliphatic rings. The molecule has 0 aliphatic heterocycles. The van der Waals surface area contributed by atoms with Gasteiger partial charge >= 0.3 is 0 Å². The lowest BCUT2D eigenvalue weighted by molar-refractivity contribution is 0.0986. The van der Waals surface area contributed by atoms with Gasteiger partial charge in [-0.1, -0.05) is 6.07 Å². The highest BCUT2D eigenvalue weighted by molar-refractivity contribution is 5.95. The summed E-state index contributed by atoms with van der Waals surface area (Å²) in [6.45, 7) is 7.69. The van der Waals surface area contributed by atoms with Crippen LogP contribution in [0.5, 0.6) is 11.5 Å². The predicted molar refractivity (Wildman–Crippen MR) is 99.8 cm³/mol. The van der Waals surface area contributed by atoms with Crippen LogP contribution < -0.4 is 4.74 Å². The normalized spacial score (nSPS) is 10.6. The Bertz CT molecular complexity index is 950. The Balaban J connectivity index is 1.80. The molecule has 0 fully saturated rings. The average molecular weight is 347 g/mol. The van der Waals surface area contributed by atoms with Gasteiger partial charge in [0.05, 0.1) is 12.6 Å². The lowest BCUT2D eigenvalue weighted by Crippen LogP contribution is -2.09. The number of carbonyl (C=O) groups is 1. The highest BCUT2D eigenvalue weighted by atomic mass is 16.5. The van der Waals surface area contributed by atoms with Gasteiger partial charge in [-0.25, -0.2) is 4.98 Å². The molecular weight excluding hydrogens is 326 g/mol. The quantitative estimate of drug-likeness (QED) is 0.643. The summed E-state index contributed by atoms with van der Waals surface area (Å²) in [6.07, 6.45) is 1.87. The van der Waals surface area contributed by atoms with Gasteiger partial charge < -0.3 is 4.74 Å². The number of pyridine rings is 3. The molecule has 3 heterocycles. The van der Waals surface area contributed by atoms with E-state index in [9.17, 15) is 4.79 Å². The van der Waals surface area contributed by atoms with Crippen molar-refractivity contribution in [2.45, 2.75) is 34.1 Å². The molecule has 0 N–H and O–H groups in total. The molecule has 5 heteroatoms. The van der Waals surface area contributed by atoms with Gasteiger partial charge in [0.15, 0.2) is 5.78 Å². The van der Waals surface area contributed by atoms with E-state index in [0.29, 0.717) is 17.2 Å². The van der Waals surface area contributed by atoms with Crippen molar-refractivity contribution in [3.8, 4) is 11.5 Å². The molecule has 0 spiro atoms. The van der Waals surface area contributed by atoms with Crippen LogP contribution in [0.4, 0.5) is 0 Å². The molecule has 0 aromatic carbocycles. The van der Waals surface area contributed by atoms with Gasteiger partial charge in [0.1, 0.15) is 17.2 Å². The Hall–Kier alpha value is -3.08. The van der Waals surface area contributed by atoms with E-state index in [-0.39, 0.29) is 12.2 Å². The number of rotatable bonds is 5. The van der Waals surface area contributed by atoms with E-state index in [0.717, 1.165) is 28.3 Å². The molecule has 0 radical (unpaired) electrons. The summed E-state index contributed by atoms with van der Waals surface area (Å²) in [6, 6.07) is 11.0. The van der Waals surface area contributed by atoms with Crippen LogP contribution in [0.3, 0.4) is 0 Å². The van der Waals surface area contributed by atoms with Crippen molar-refractivity contribution in [3.05, 3.63) is 76.6 Å². The van der Waals surface area contributed by atoms with Crippen LogP contribution in [0.1, 0.15) is 38.8 Å². The number of aryl methyl sites for hydroxylation is 4. The third-order valence-corrected chi connectivity index (χ3v) is 4.08. The summed E-state index contributed by atoms with van der Waals surface area (Å²) >= 11 is 0. The van der Waals surface area contributed by atoms with Gasteiger partial charge in [-0.2, -0.15) is 0 Å². The maximum atomic E-state index is 12.6. The largest absolute Gasteiger partial charge is 0.456 e. The minimum atomic E-state index is -0.0867. The van der Waals surface area contributed by atoms with Gasteiger partial charge in [0.2, 0.25) is 0 Å². The van der Waals surface area contributed by atoms with Crippen LogP contribution in [0.2, 0.25) is 0 Å². The SMILES string of the molecule is Cc1ccc(Oc2cc(C)nc(C(=O)Cc3ccc(C)c(C)n3)c2)cn1. The predicted octanol–water partition coefficient (Wildman–Crippen LogP) is 4.32. The average Bonchev–Trinajstić information content (AvgIpc) is 2.60. The highest BCUT2D eigenvalue weighted by Crippen LogP contribution is 2.22. The van der Waals surface area contributed by atoms with Crippen LogP contribution in [-0.2, 0) is 6.42 Å². The Morgan fingerprint density at radius 3 is 2.42 bits per heavy atom. The maximum Gasteiger partial charge on any atom is 0.187 e. The number of carbonyl (C=O) groups excluding carboxylic acids is 1. The first kappa shape index (κ1) is 17.7. The molecule has 26 heavy (non-hydrogen) atoms. The molecular formula is C21H21N3O2. The first-order chi connectivity index (χ1) is 12.4. The molecule has 0 saturated heterocycles. The van der Waals surface area contributed by atoms with Gasteiger partial charge in [0, 0.05) is 34.9 Å². The number of hydrogen-bond donors (Lipinski definition) is 0. The molecule has 0 unspecified atom stereocenters. The second-order valence-corrected chi connectivity index (χ2v) is 6.37. The van der Waals surface area contributed by atoms with E-state index in [1.54, 1.807) is 18.3 Å². The van der Waals surface area contributed by atoms with E-state index in [1.807, 2.05) is 52.0 Å². The van der Waals surface area contributed by atoms with Crippen LogP contribution in [0.25, 0.3) is 0 Å². The molecule has 0 bridgehead atoms. The van der Waals surface area contributed by atoms with E-state index < -0.39 is 0 Å². The zero-order chi connectivity index (χ0) is 18.7. The molecule has 3 aromatic rings. The zero-order valence-corrected chi connectivity index (χ0v) is 15.4. The van der Waals surface area contributed by atoms with Crippen LogP contribution >= 0.6 is 0 Å². The second kappa shape index (κ2) is 7.44. The smallest absolute Gasteiger partial charge is 0.187 e. The Morgan fingerprint density at radius 1 is 0.923 bits per heavy atom. The lowest BCUT2D eigenvalue weighted by Gasteiger charge is -2.09. The molecule has 0 aliphatic carbocycles. The summed E-state index contributed by atoms with van der Waals surface area (Å²) in [4.78, 5) is 25.7. The van der Waals surface area contributed by atoms with Crippen molar-refractivity contribution in [2.75, 3.05) is 0 Å². The number of hydrogen-bond acceptors (Lipinski definition) is 5. The Morgan fingerprint density at radius 2 is 1.73 bits per heavy atom. The highest BCUT2D eigenvalue weighted by Gasteiger charge is 2.13. The van der Waals surface area contributed by atoms with Crippen molar-refractivity contribution in [3.63, 3.8) is 0 Å². The van der Waals surface area contributed by atoms with Crippen molar-refractivity contribution in [1.29, 1.82) is 0 Å². The first-order valence-electron chi connectivity index (χ1n) is 8.46. The summed E-state index contributed by atoms with van der Waals surface area (Å²) in [7, 11) is 0. The molecule has 5 nitrogen and oxygen atoms in total. The van der Waals surface area contributed by atoms with E-state index >= 15 is 0 Å². The third-order valence-electron chi connectivity index (χ3n) is 4.08. The Labute approximate surface area is 153 Å². The van der Waals surface area contributed by atoms with Gasteiger partial charge in [0.25, 0.3) is 0 Å². The fourth-order valence-corrected chi connectivity index (χ4v) is 2.53. The van der Waals surface area contributed by atoms with Crippen molar-refractivity contribution < 1.29 is 9.53 Å². The number of nitrogens with zero attached hydrogens (tertiary/aromatic N) is 3. The van der Waals surface area contributed by atoms with Crippen molar-refractivity contribution in [1.82, 2.24) is 15.0 Å². The van der Waals surface area contributed by atoms with E-state index in [2.05, 4.69) is 15.0 Å². The molecule has 0 atom stereocenters. The van der Waals surface area contributed by atoms with E-state index in [1.165, 1.54) is 0 Å². The summed E-state index contributed by atoms with van der Waals surface area (Å²) in [5, 5.41) is 0. The van der Waals surface area contributed by atoms with Crippen molar-refractivity contribution >= 4 is 5.78 Å². The van der Waals surface area contributed by atoms with Crippen molar-refractivity contribution in [2.24, 2.45) is 0 Å². The van der Waals surface area contributed by atoms with Gasteiger partial charge in [-0.05, 0) is 51.5 Å². The second-order valence-electron chi connectivity index (χ2n) is 6.37. The number of ketones is 1. The maximum absolute atomic E-state index is 12.6. The number of ether oxygens (including phenoxy) is 1. The fourth-order valence-electron chi connectivity index (χ4n) is 2.53. The zero-order valence-electron chi connectivity index (χ0n) is 15.4. The lowest BCUT2D eigenvalue weighted by atomic mass is 10.1. The van der Waals surface area contributed by atoms with Gasteiger partial charge in [-0.15, -0.1) is 0 Å². The standard InChI is InChI=1S/C21H21N3O2/c1-13-5-7-17(24-16(13)4)10-21(25)20-11-19(9-15(3)23-20)26-18-8-6-14(2)22-12-18/h5-9,11-12H,10H2,1-4H3. The monoisotopic (exact) mass is 347 g/mol. The molecule has 0 saturated carbocycles. The minimum absolute atomic E-state index is 0.0867. The molecule has 0 amide bonds. The minimum Gasteiger partial charge on any atom is -0.456 e.